The third kappa shape index (κ3) is 5.21. The molecule has 2 saturated carbocycles. The number of sulfonamides is 1. The fourth-order valence-electron chi connectivity index (χ4n) is 6.73. The fourth-order valence-corrected chi connectivity index (χ4v) is 8.25. The summed E-state index contributed by atoms with van der Waals surface area (Å²) in [6, 6.07) is 10.7. The van der Waals surface area contributed by atoms with Crippen molar-refractivity contribution in [3.63, 3.8) is 0 Å². The smallest absolute Gasteiger partial charge is 0.416 e. The molecule has 6 nitrogen and oxygen atoms in total. The van der Waals surface area contributed by atoms with Crippen molar-refractivity contribution in [1.82, 2.24) is 0 Å². The summed E-state index contributed by atoms with van der Waals surface area (Å²) in [6.07, 6.45) is -1.52. The minimum absolute atomic E-state index is 0.0132. The molecule has 3 aromatic carbocycles. The molecule has 6 rings (SSSR count). The molecule has 0 aromatic heterocycles. The maximum Gasteiger partial charge on any atom is 0.416 e. The second-order valence-electron chi connectivity index (χ2n) is 11.4. The summed E-state index contributed by atoms with van der Waals surface area (Å²) in [5.41, 5.74) is -1.85. The van der Waals surface area contributed by atoms with Crippen molar-refractivity contribution in [3.05, 3.63) is 72.0 Å². The number of carbonyl (C=O) groups is 1. The van der Waals surface area contributed by atoms with Gasteiger partial charge in [0.15, 0.2) is 0 Å². The van der Waals surface area contributed by atoms with Crippen molar-refractivity contribution in [2.24, 2.45) is 10.8 Å². The number of ether oxygens (including phenoxy) is 2. The molecule has 0 amide bonds. The highest BCUT2D eigenvalue weighted by Gasteiger charge is 2.59. The fraction of sp³-hybridized carbons (Fsp3) is 0.367. The largest absolute Gasteiger partial charge is 0.486 e. The van der Waals surface area contributed by atoms with Crippen molar-refractivity contribution in [2.45, 2.75) is 55.9 Å². The molecule has 1 unspecified atom stereocenters. The Hall–Kier alpha value is -3.74. The van der Waals surface area contributed by atoms with Gasteiger partial charge < -0.3 is 14.3 Å². The Bertz CT molecular complexity index is 1680. The molecule has 3 aromatic rings. The van der Waals surface area contributed by atoms with Gasteiger partial charge in [-0.15, -0.1) is 0 Å². The van der Waals surface area contributed by atoms with Crippen LogP contribution in [-0.2, 0) is 21.0 Å². The number of nitrogens with zero attached hydrogens (tertiary/aromatic N) is 1. The molecule has 2 bridgehead atoms. The monoisotopic (exact) mass is 625 g/mol. The van der Waals surface area contributed by atoms with Gasteiger partial charge in [0.25, 0.3) is 10.0 Å². The van der Waals surface area contributed by atoms with Gasteiger partial charge in [-0.1, -0.05) is 12.1 Å². The summed E-state index contributed by atoms with van der Waals surface area (Å²) in [5, 5.41) is 0. The lowest BCUT2D eigenvalue weighted by atomic mass is 9.78. The number of rotatable bonds is 7. The first-order chi connectivity index (χ1) is 20.2. The first-order valence-corrected chi connectivity index (χ1v) is 14.9. The van der Waals surface area contributed by atoms with E-state index in [9.17, 15) is 39.6 Å². The summed E-state index contributed by atoms with van der Waals surface area (Å²) in [4.78, 5) is 11.3. The molecule has 0 N–H and O–H groups in total. The Morgan fingerprint density at radius 1 is 0.977 bits per heavy atom. The Balaban J connectivity index is 1.46. The predicted molar refractivity (Wildman–Crippen MR) is 143 cm³/mol. The highest BCUT2D eigenvalue weighted by Crippen LogP contribution is 2.63. The zero-order valence-corrected chi connectivity index (χ0v) is 23.2. The van der Waals surface area contributed by atoms with E-state index in [1.807, 2.05) is 0 Å². The van der Waals surface area contributed by atoms with E-state index < -0.39 is 61.8 Å². The zero-order chi connectivity index (χ0) is 30.8. The number of aldehydes is 1. The second kappa shape index (κ2) is 10.2. The van der Waals surface area contributed by atoms with Crippen LogP contribution in [0.5, 0.6) is 11.5 Å². The predicted octanol–water partition coefficient (Wildman–Crippen LogP) is 7.22. The molecule has 228 valence electrons. The van der Waals surface area contributed by atoms with E-state index in [2.05, 4.69) is 4.74 Å². The van der Waals surface area contributed by atoms with Gasteiger partial charge in [0.05, 0.1) is 22.7 Å². The van der Waals surface area contributed by atoms with E-state index >= 15 is 0 Å². The number of anilines is 1. The lowest BCUT2D eigenvalue weighted by Gasteiger charge is -2.43. The number of carbonyl (C=O) groups excluding carboxylic acids is 1. The minimum Gasteiger partial charge on any atom is -0.486 e. The first-order valence-electron chi connectivity index (χ1n) is 13.5. The average Bonchev–Trinajstić information content (AvgIpc) is 3.54. The number of fused-ring (bicyclic) bond motifs is 3. The molecule has 2 aliphatic carbocycles. The lowest BCUT2D eigenvalue weighted by molar-refractivity contribution is -0.137. The Kier molecular flexibility index (Phi) is 6.94. The van der Waals surface area contributed by atoms with Crippen LogP contribution in [0.2, 0.25) is 0 Å². The quantitative estimate of drug-likeness (QED) is 0.205. The average molecular weight is 626 g/mol. The summed E-state index contributed by atoms with van der Waals surface area (Å²) in [6.45, 7) is -3.45. The molecule has 13 heteroatoms. The first kappa shape index (κ1) is 29.3. The van der Waals surface area contributed by atoms with Crippen LogP contribution in [0.3, 0.4) is 0 Å². The summed E-state index contributed by atoms with van der Waals surface area (Å²) in [7, 11) is -4.61. The van der Waals surface area contributed by atoms with Gasteiger partial charge in [-0.2, -0.15) is 22.0 Å². The molecule has 3 aliphatic rings. The summed E-state index contributed by atoms with van der Waals surface area (Å²) in [5.74, 6) is -1.20. The van der Waals surface area contributed by atoms with Gasteiger partial charge in [0.2, 0.25) is 0 Å². The molecule has 1 atom stereocenters. The molecular formula is C30H25F6NO5S. The van der Waals surface area contributed by atoms with Crippen LogP contribution in [0.1, 0.15) is 37.7 Å². The topological polar surface area (TPSA) is 72.9 Å². The maximum absolute atomic E-state index is 14.3. The summed E-state index contributed by atoms with van der Waals surface area (Å²) < 4.78 is 120. The van der Waals surface area contributed by atoms with Gasteiger partial charge in [0.1, 0.15) is 29.7 Å². The normalized spacial score (nSPS) is 25.0. The zero-order valence-electron chi connectivity index (χ0n) is 22.4. The van der Waals surface area contributed by atoms with Crippen molar-refractivity contribution in [1.29, 1.82) is 0 Å². The van der Waals surface area contributed by atoms with Crippen LogP contribution in [0.15, 0.2) is 65.6 Å². The van der Waals surface area contributed by atoms with Crippen LogP contribution < -0.4 is 13.8 Å². The lowest BCUT2D eigenvalue weighted by Crippen LogP contribution is -2.50. The Morgan fingerprint density at radius 3 is 2.37 bits per heavy atom. The van der Waals surface area contributed by atoms with Crippen LogP contribution in [-0.4, -0.2) is 34.0 Å². The van der Waals surface area contributed by atoms with Crippen LogP contribution in [0.4, 0.5) is 32.0 Å². The van der Waals surface area contributed by atoms with Crippen LogP contribution >= 0.6 is 0 Å². The Labute approximate surface area is 243 Å². The van der Waals surface area contributed by atoms with E-state index in [-0.39, 0.29) is 29.1 Å². The molecule has 2 fully saturated rings. The van der Waals surface area contributed by atoms with Gasteiger partial charge in [0, 0.05) is 16.9 Å². The van der Waals surface area contributed by atoms with Crippen molar-refractivity contribution in [2.75, 3.05) is 10.8 Å². The molecular weight excluding hydrogens is 600 g/mol. The summed E-state index contributed by atoms with van der Waals surface area (Å²) >= 11 is 0. The third-order valence-electron chi connectivity index (χ3n) is 8.89. The number of benzene rings is 3. The van der Waals surface area contributed by atoms with E-state index in [0.717, 1.165) is 47.0 Å². The highest BCUT2D eigenvalue weighted by atomic mass is 32.2. The van der Waals surface area contributed by atoms with Gasteiger partial charge in [-0.05, 0) is 85.7 Å². The van der Waals surface area contributed by atoms with E-state index in [0.29, 0.717) is 38.2 Å². The van der Waals surface area contributed by atoms with Crippen molar-refractivity contribution >= 4 is 22.0 Å². The van der Waals surface area contributed by atoms with E-state index in [4.69, 9.17) is 4.74 Å². The van der Waals surface area contributed by atoms with Crippen molar-refractivity contribution in [3.8, 4) is 22.6 Å². The minimum atomic E-state index is -4.79. The van der Waals surface area contributed by atoms with Crippen LogP contribution in [0.25, 0.3) is 11.1 Å². The highest BCUT2D eigenvalue weighted by molar-refractivity contribution is 7.92. The molecule has 1 heterocycles. The van der Waals surface area contributed by atoms with E-state index in [1.54, 1.807) is 0 Å². The van der Waals surface area contributed by atoms with E-state index in [1.165, 1.54) is 18.2 Å². The second-order valence-corrected chi connectivity index (χ2v) is 13.3. The molecule has 43 heavy (non-hydrogen) atoms. The number of hydrogen-bond donors (Lipinski definition) is 0. The molecule has 0 spiro atoms. The number of alkyl halides is 5. The standard InChI is InChI=1S/C30H25F6NO5S/c31-21-10-19(11-22(14-21)41-27(32)33)18-4-5-25-24(12-18)37(43(39,40)23-3-1-2-20(13-23)30(34,35)36)15-26(42-25)29-8-6-28(16-29,17-38)7-9-29/h1-5,10-14,17,26-27H,6-9,15-16H2. The number of halogens is 6. The SMILES string of the molecule is O=CC12CCC(C3CN(S(=O)(=O)c4cccc(C(F)(F)F)c4)c4cc(-c5cc(F)cc(OC(F)F)c5)ccc4O3)(CC1)C2. The Morgan fingerprint density at radius 2 is 1.72 bits per heavy atom. The third-order valence-corrected chi connectivity index (χ3v) is 10.7. The molecule has 0 radical (unpaired) electrons. The number of hydrogen-bond acceptors (Lipinski definition) is 5. The van der Waals surface area contributed by atoms with Gasteiger partial charge >= 0.3 is 12.8 Å². The van der Waals surface area contributed by atoms with Crippen LogP contribution in [0, 0.1) is 16.6 Å². The maximum atomic E-state index is 14.3. The molecule has 0 saturated heterocycles. The van der Waals surface area contributed by atoms with Gasteiger partial charge in [-0.3, -0.25) is 4.31 Å². The van der Waals surface area contributed by atoms with Crippen molar-refractivity contribution < 1.29 is 49.0 Å². The van der Waals surface area contributed by atoms with Gasteiger partial charge in [-0.25, -0.2) is 12.8 Å². The molecule has 1 aliphatic heterocycles.